The highest BCUT2D eigenvalue weighted by atomic mass is 16.2. The number of carbonyl (C=O) groups is 5. The molecule has 0 radical (unpaired) electrons. The van der Waals surface area contributed by atoms with E-state index in [2.05, 4.69) is 31.2 Å². The maximum Gasteiger partial charge on any atom is 0.289 e. The van der Waals surface area contributed by atoms with E-state index in [0.717, 1.165) is 37.7 Å². The van der Waals surface area contributed by atoms with E-state index in [1.54, 1.807) is 18.2 Å². The largest absolute Gasteiger partial charge is 0.356 e. The van der Waals surface area contributed by atoms with E-state index in [-0.39, 0.29) is 30.5 Å². The lowest BCUT2D eigenvalue weighted by molar-refractivity contribution is -0.141. The second kappa shape index (κ2) is 14.7. The summed E-state index contributed by atoms with van der Waals surface area (Å²) in [5, 5.41) is 10.9. The minimum absolute atomic E-state index is 0.0184. The number of hydrogen-bond acceptors (Lipinski definition) is 7. The van der Waals surface area contributed by atoms with Gasteiger partial charge in [0.05, 0.1) is 23.3 Å². The Kier molecular flexibility index (Phi) is 10.3. The van der Waals surface area contributed by atoms with Gasteiger partial charge in [0, 0.05) is 19.0 Å². The fraction of sp³-hybridized carbons (Fsp3) is 0.424. The second-order valence-electron chi connectivity index (χ2n) is 11.6. The normalized spacial score (nSPS) is 18.2. The molecule has 230 valence electrons. The molecule has 44 heavy (non-hydrogen) atoms. The number of hydrogen-bond donors (Lipinski definition) is 4. The predicted octanol–water partition coefficient (Wildman–Crippen LogP) is 2.60. The molecule has 2 aromatic carbocycles. The number of nitrogens with one attached hydrogen (secondary N) is 4. The van der Waals surface area contributed by atoms with Crippen LogP contribution in [0.2, 0.25) is 0 Å². The fourth-order valence-corrected chi connectivity index (χ4v) is 5.97. The van der Waals surface area contributed by atoms with Gasteiger partial charge in [-0.15, -0.1) is 0 Å². The van der Waals surface area contributed by atoms with E-state index in [1.807, 2.05) is 36.4 Å². The lowest BCUT2D eigenvalue weighted by atomic mass is 9.84. The molecular weight excluding hydrogens is 560 g/mol. The smallest absolute Gasteiger partial charge is 0.289 e. The number of fused-ring (bicyclic) bond motifs is 1. The Morgan fingerprint density at radius 3 is 2.30 bits per heavy atom. The van der Waals surface area contributed by atoms with E-state index in [9.17, 15) is 24.0 Å². The van der Waals surface area contributed by atoms with Crippen molar-refractivity contribution in [2.45, 2.75) is 70.0 Å². The van der Waals surface area contributed by atoms with Gasteiger partial charge in [-0.05, 0) is 42.9 Å². The number of ketones is 1. The number of carbonyl (C=O) groups excluding carboxylic acids is 5. The number of para-hydroxylation sites is 2. The van der Waals surface area contributed by atoms with Crippen LogP contribution >= 0.6 is 0 Å². The number of nitrogens with zero attached hydrogens (tertiary/aromatic N) is 2. The van der Waals surface area contributed by atoms with Crippen LogP contribution in [0, 0.1) is 11.8 Å². The summed E-state index contributed by atoms with van der Waals surface area (Å²) in [6.07, 6.45) is 7.31. The summed E-state index contributed by atoms with van der Waals surface area (Å²) in [7, 11) is 0. The van der Waals surface area contributed by atoms with Crippen LogP contribution in [0.4, 0.5) is 0 Å². The number of rotatable bonds is 12. The van der Waals surface area contributed by atoms with E-state index in [0.29, 0.717) is 30.4 Å². The van der Waals surface area contributed by atoms with Gasteiger partial charge in [-0.1, -0.05) is 74.6 Å². The van der Waals surface area contributed by atoms with Crippen LogP contribution in [-0.4, -0.2) is 58.0 Å². The summed E-state index contributed by atoms with van der Waals surface area (Å²) in [5.41, 5.74) is 2.08. The average Bonchev–Trinajstić information content (AvgIpc) is 3.46. The molecule has 3 aromatic rings. The summed E-state index contributed by atoms with van der Waals surface area (Å²) in [6.45, 7) is 0.606. The second-order valence-corrected chi connectivity index (χ2v) is 11.6. The molecule has 3 atom stereocenters. The molecular formula is C33H38N6O5. The highest BCUT2D eigenvalue weighted by Crippen LogP contribution is 2.28. The van der Waals surface area contributed by atoms with Crippen LogP contribution in [0.15, 0.2) is 60.8 Å². The van der Waals surface area contributed by atoms with Crippen molar-refractivity contribution in [3.8, 4) is 0 Å². The Bertz CT molecular complexity index is 1510. The Morgan fingerprint density at radius 1 is 0.841 bits per heavy atom. The molecule has 0 spiro atoms. The van der Waals surface area contributed by atoms with Gasteiger partial charge in [-0.25, -0.2) is 4.98 Å². The minimum atomic E-state index is -1.24. The molecule has 11 heteroatoms. The van der Waals surface area contributed by atoms with E-state index in [1.165, 1.54) is 6.20 Å². The highest BCUT2D eigenvalue weighted by molar-refractivity contribution is 6.38. The first kappa shape index (κ1) is 30.8. The van der Waals surface area contributed by atoms with Crippen molar-refractivity contribution in [3.05, 3.63) is 72.1 Å². The summed E-state index contributed by atoms with van der Waals surface area (Å²) in [5.74, 6) is -3.35. The van der Waals surface area contributed by atoms with Gasteiger partial charge in [-0.3, -0.25) is 29.0 Å². The maximum absolute atomic E-state index is 13.8. The van der Waals surface area contributed by atoms with Crippen LogP contribution in [0.25, 0.3) is 11.0 Å². The third-order valence-electron chi connectivity index (χ3n) is 8.43. The van der Waals surface area contributed by atoms with Crippen LogP contribution in [0.1, 0.15) is 67.4 Å². The third kappa shape index (κ3) is 8.03. The molecule has 4 amide bonds. The Hall–Kier alpha value is -4.67. The fourth-order valence-electron chi connectivity index (χ4n) is 5.97. The zero-order valence-corrected chi connectivity index (χ0v) is 24.6. The van der Waals surface area contributed by atoms with Crippen molar-refractivity contribution >= 4 is 40.4 Å². The van der Waals surface area contributed by atoms with Gasteiger partial charge < -0.3 is 21.3 Å². The zero-order valence-electron chi connectivity index (χ0n) is 24.6. The molecule has 5 rings (SSSR count). The Morgan fingerprint density at radius 2 is 1.57 bits per heavy atom. The first-order valence-corrected chi connectivity index (χ1v) is 15.3. The summed E-state index contributed by atoms with van der Waals surface area (Å²) < 4.78 is 0. The number of Topliss-reactive ketones (excluding diaryl/α,β-unsaturated/α-hetero) is 1. The lowest BCUT2D eigenvalue weighted by Crippen LogP contribution is -2.55. The van der Waals surface area contributed by atoms with Crippen molar-refractivity contribution in [2.24, 2.45) is 11.8 Å². The average molecular weight is 599 g/mol. The molecule has 4 N–H and O–H groups in total. The van der Waals surface area contributed by atoms with Gasteiger partial charge >= 0.3 is 0 Å². The Labute approximate surface area is 256 Å². The van der Waals surface area contributed by atoms with Crippen molar-refractivity contribution < 1.29 is 24.0 Å². The van der Waals surface area contributed by atoms with Crippen LogP contribution < -0.4 is 21.3 Å². The number of amides is 4. The van der Waals surface area contributed by atoms with Crippen LogP contribution in [0.3, 0.4) is 0 Å². The molecule has 2 fully saturated rings. The monoisotopic (exact) mass is 598 g/mol. The van der Waals surface area contributed by atoms with Crippen molar-refractivity contribution in [1.82, 2.24) is 31.2 Å². The van der Waals surface area contributed by atoms with Crippen molar-refractivity contribution in [3.63, 3.8) is 0 Å². The molecule has 0 bridgehead atoms. The first-order valence-electron chi connectivity index (χ1n) is 15.3. The van der Waals surface area contributed by atoms with E-state index >= 15 is 0 Å². The van der Waals surface area contributed by atoms with Gasteiger partial charge in [0.2, 0.25) is 17.6 Å². The zero-order chi connectivity index (χ0) is 30.9. The maximum atomic E-state index is 13.8. The lowest BCUT2D eigenvalue weighted by Gasteiger charge is -2.28. The minimum Gasteiger partial charge on any atom is -0.356 e. The number of benzene rings is 2. The molecule has 11 nitrogen and oxygen atoms in total. The summed E-state index contributed by atoms with van der Waals surface area (Å²) >= 11 is 0. The van der Waals surface area contributed by atoms with Crippen molar-refractivity contribution in [1.29, 1.82) is 0 Å². The number of aromatic nitrogens is 2. The molecule has 1 saturated heterocycles. The Balaban J connectivity index is 1.33. The molecule has 1 aliphatic heterocycles. The molecule has 1 aliphatic carbocycles. The summed E-state index contributed by atoms with van der Waals surface area (Å²) in [6, 6.07) is 14.1. The molecule has 2 heterocycles. The molecule has 2 aliphatic rings. The highest BCUT2D eigenvalue weighted by Gasteiger charge is 2.36. The van der Waals surface area contributed by atoms with E-state index in [4.69, 9.17) is 0 Å². The standard InChI is InChI=1S/C33H38N6O5/c40-29(33(44)36-19-22-11-5-2-6-12-22)26(18-23-15-16-34-30(23)41)38-31(42)27(17-21-9-3-1-4-10-21)39-32(43)28-20-35-24-13-7-8-14-25(24)37-28/h2,5-8,11-14,20-21,23,26-27H,1,3-4,9-10,15-19H2,(H,34,41)(H,36,44)(H,38,42)(H,39,43)/t23-,26-,27-/m0/s1. The molecule has 1 saturated carbocycles. The predicted molar refractivity (Wildman–Crippen MR) is 163 cm³/mol. The van der Waals surface area contributed by atoms with E-state index < -0.39 is 41.5 Å². The summed E-state index contributed by atoms with van der Waals surface area (Å²) in [4.78, 5) is 74.6. The van der Waals surface area contributed by atoms with Crippen LogP contribution in [0.5, 0.6) is 0 Å². The third-order valence-corrected chi connectivity index (χ3v) is 8.43. The molecule has 1 aromatic heterocycles. The van der Waals surface area contributed by atoms with Crippen LogP contribution in [-0.2, 0) is 25.7 Å². The van der Waals surface area contributed by atoms with Crippen molar-refractivity contribution in [2.75, 3.05) is 6.54 Å². The van der Waals surface area contributed by atoms with Gasteiger partial charge in [0.1, 0.15) is 11.7 Å². The topological polar surface area (TPSA) is 159 Å². The SMILES string of the molecule is O=C(NCc1ccccc1)C(=O)[C@H](C[C@@H]1CCNC1=O)NC(=O)[C@H](CC1CCCCC1)NC(=O)c1cnc2ccccc2n1. The quantitative estimate of drug-likeness (QED) is 0.233. The van der Waals surface area contributed by atoms with Gasteiger partial charge in [-0.2, -0.15) is 0 Å². The van der Waals surface area contributed by atoms with Gasteiger partial charge in [0.25, 0.3) is 11.8 Å². The first-order chi connectivity index (χ1) is 21.4. The van der Waals surface area contributed by atoms with Gasteiger partial charge in [0.15, 0.2) is 0 Å². The molecule has 0 unspecified atom stereocenters.